The van der Waals surface area contributed by atoms with E-state index in [-0.39, 0.29) is 0 Å². The standard InChI is InChI=1S/C8H15N2/c1-7-8(3-5-10-7)2-4-9-6-8/h9-10H,2-6H2,1H3. The Morgan fingerprint density at radius 1 is 1.30 bits per heavy atom. The molecule has 0 aromatic carbocycles. The van der Waals surface area contributed by atoms with Gasteiger partial charge in [0.15, 0.2) is 0 Å². The SMILES string of the molecule is C[C]1NCCC12CCNC2. The molecule has 10 heavy (non-hydrogen) atoms. The van der Waals surface area contributed by atoms with Gasteiger partial charge in [0.2, 0.25) is 0 Å². The minimum atomic E-state index is 0.542. The fourth-order valence-electron chi connectivity index (χ4n) is 2.14. The van der Waals surface area contributed by atoms with Gasteiger partial charge in [-0.05, 0) is 32.9 Å². The maximum atomic E-state index is 3.43. The number of nitrogens with one attached hydrogen (secondary N) is 2. The van der Waals surface area contributed by atoms with Gasteiger partial charge in [0, 0.05) is 18.0 Å². The fraction of sp³-hybridized carbons (Fsp3) is 0.875. The van der Waals surface area contributed by atoms with Crippen molar-refractivity contribution in [1.29, 1.82) is 0 Å². The van der Waals surface area contributed by atoms with Crippen LogP contribution < -0.4 is 10.6 Å². The molecule has 2 heterocycles. The van der Waals surface area contributed by atoms with E-state index in [4.69, 9.17) is 0 Å². The fourth-order valence-corrected chi connectivity index (χ4v) is 2.14. The Labute approximate surface area is 62.4 Å². The summed E-state index contributed by atoms with van der Waals surface area (Å²) in [6.07, 6.45) is 2.68. The Morgan fingerprint density at radius 2 is 2.10 bits per heavy atom. The third-order valence-corrected chi connectivity index (χ3v) is 3.03. The van der Waals surface area contributed by atoms with E-state index in [1.54, 1.807) is 0 Å². The van der Waals surface area contributed by atoms with Gasteiger partial charge >= 0.3 is 0 Å². The van der Waals surface area contributed by atoms with E-state index >= 15 is 0 Å². The average molecular weight is 139 g/mol. The Balaban J connectivity index is 2.11. The van der Waals surface area contributed by atoms with Gasteiger partial charge in [-0.2, -0.15) is 0 Å². The molecule has 2 fully saturated rings. The van der Waals surface area contributed by atoms with Crippen LogP contribution in [0.5, 0.6) is 0 Å². The zero-order valence-electron chi connectivity index (χ0n) is 6.54. The van der Waals surface area contributed by atoms with Crippen LogP contribution in [0.4, 0.5) is 0 Å². The quantitative estimate of drug-likeness (QED) is 0.511. The Hall–Kier alpha value is -0.0800. The number of hydrogen-bond acceptors (Lipinski definition) is 2. The Kier molecular flexibility index (Phi) is 1.46. The van der Waals surface area contributed by atoms with E-state index in [0.29, 0.717) is 5.41 Å². The first kappa shape index (κ1) is 6.62. The van der Waals surface area contributed by atoms with Crippen LogP contribution in [0.1, 0.15) is 19.8 Å². The van der Waals surface area contributed by atoms with Crippen molar-refractivity contribution in [3.63, 3.8) is 0 Å². The van der Waals surface area contributed by atoms with Gasteiger partial charge in [0.1, 0.15) is 0 Å². The topological polar surface area (TPSA) is 24.1 Å². The first-order valence-electron chi connectivity index (χ1n) is 4.12. The highest BCUT2D eigenvalue weighted by molar-refractivity contribution is 5.10. The van der Waals surface area contributed by atoms with E-state index in [1.807, 2.05) is 0 Å². The summed E-state index contributed by atoms with van der Waals surface area (Å²) in [6, 6.07) is 1.51. The largest absolute Gasteiger partial charge is 0.316 e. The van der Waals surface area contributed by atoms with Gasteiger partial charge in [0.25, 0.3) is 0 Å². The average Bonchev–Trinajstić information content (AvgIpc) is 2.48. The molecule has 2 N–H and O–H groups in total. The lowest BCUT2D eigenvalue weighted by atomic mass is 9.81. The van der Waals surface area contributed by atoms with Crippen LogP contribution in [0.25, 0.3) is 0 Å². The van der Waals surface area contributed by atoms with Gasteiger partial charge in [0.05, 0.1) is 0 Å². The summed E-state index contributed by atoms with van der Waals surface area (Å²) < 4.78 is 0. The van der Waals surface area contributed by atoms with Crippen LogP contribution in [-0.2, 0) is 0 Å². The van der Waals surface area contributed by atoms with Gasteiger partial charge < -0.3 is 10.6 Å². The Bertz CT molecular complexity index is 122. The minimum Gasteiger partial charge on any atom is -0.316 e. The molecule has 0 aliphatic carbocycles. The van der Waals surface area contributed by atoms with Crippen molar-refractivity contribution in [2.75, 3.05) is 19.6 Å². The molecule has 2 heteroatoms. The van der Waals surface area contributed by atoms with Crippen LogP contribution in [0.15, 0.2) is 0 Å². The molecule has 0 saturated carbocycles. The zero-order valence-corrected chi connectivity index (χ0v) is 6.54. The number of hydrogen-bond donors (Lipinski definition) is 2. The molecule has 2 aliphatic heterocycles. The van der Waals surface area contributed by atoms with Crippen LogP contribution >= 0.6 is 0 Å². The van der Waals surface area contributed by atoms with Gasteiger partial charge in [-0.25, -0.2) is 0 Å². The molecule has 0 amide bonds. The second kappa shape index (κ2) is 2.21. The van der Waals surface area contributed by atoms with Crippen LogP contribution in [-0.4, -0.2) is 19.6 Å². The second-order valence-corrected chi connectivity index (χ2v) is 3.51. The van der Waals surface area contributed by atoms with Gasteiger partial charge in [-0.1, -0.05) is 0 Å². The molecule has 57 valence electrons. The van der Waals surface area contributed by atoms with Crippen molar-refractivity contribution >= 4 is 0 Å². The van der Waals surface area contributed by atoms with E-state index in [2.05, 4.69) is 17.6 Å². The molecule has 1 unspecified atom stereocenters. The van der Waals surface area contributed by atoms with Crippen LogP contribution in [0.3, 0.4) is 0 Å². The molecule has 1 spiro atoms. The monoisotopic (exact) mass is 139 g/mol. The molecular weight excluding hydrogens is 124 g/mol. The highest BCUT2D eigenvalue weighted by Crippen LogP contribution is 2.40. The predicted molar refractivity (Wildman–Crippen MR) is 41.5 cm³/mol. The first-order chi connectivity index (χ1) is 4.83. The summed E-state index contributed by atoms with van der Waals surface area (Å²) in [5.41, 5.74) is 0.542. The van der Waals surface area contributed by atoms with Crippen molar-refractivity contribution in [3.8, 4) is 0 Å². The van der Waals surface area contributed by atoms with Gasteiger partial charge in [-0.3, -0.25) is 0 Å². The Morgan fingerprint density at radius 3 is 2.60 bits per heavy atom. The highest BCUT2D eigenvalue weighted by atomic mass is 15.0. The first-order valence-corrected chi connectivity index (χ1v) is 4.12. The minimum absolute atomic E-state index is 0.542. The van der Waals surface area contributed by atoms with Gasteiger partial charge in [-0.15, -0.1) is 0 Å². The summed E-state index contributed by atoms with van der Waals surface area (Å²) >= 11 is 0. The van der Waals surface area contributed by atoms with Crippen LogP contribution in [0.2, 0.25) is 0 Å². The normalized spacial score (nSPS) is 41.7. The molecule has 2 rings (SSSR count). The van der Waals surface area contributed by atoms with Crippen LogP contribution in [0, 0.1) is 11.5 Å². The molecule has 0 aromatic heterocycles. The smallest absolute Gasteiger partial charge is 0.0408 e. The predicted octanol–water partition coefficient (Wildman–Crippen LogP) is 0.511. The molecule has 1 radical (unpaired) electrons. The van der Waals surface area contributed by atoms with E-state index in [9.17, 15) is 0 Å². The maximum absolute atomic E-state index is 3.43. The molecule has 1 atom stereocenters. The summed E-state index contributed by atoms with van der Waals surface area (Å²) in [7, 11) is 0. The van der Waals surface area contributed by atoms with E-state index in [0.717, 1.165) is 0 Å². The van der Waals surface area contributed by atoms with Crippen molar-refractivity contribution < 1.29 is 0 Å². The maximum Gasteiger partial charge on any atom is 0.0408 e. The molecule has 0 aromatic rings. The summed E-state index contributed by atoms with van der Waals surface area (Å²) in [6.45, 7) is 5.83. The summed E-state index contributed by atoms with van der Waals surface area (Å²) in [5.74, 6) is 0. The lowest BCUT2D eigenvalue weighted by molar-refractivity contribution is 0.367. The number of rotatable bonds is 0. The molecule has 0 bridgehead atoms. The van der Waals surface area contributed by atoms with E-state index in [1.165, 1.54) is 38.5 Å². The summed E-state index contributed by atoms with van der Waals surface area (Å²) in [5, 5.41) is 6.85. The molecule has 2 nitrogen and oxygen atoms in total. The van der Waals surface area contributed by atoms with Crippen molar-refractivity contribution in [2.45, 2.75) is 19.8 Å². The molecular formula is C8H15N2. The van der Waals surface area contributed by atoms with Crippen molar-refractivity contribution in [1.82, 2.24) is 10.6 Å². The van der Waals surface area contributed by atoms with Crippen molar-refractivity contribution in [2.24, 2.45) is 5.41 Å². The van der Waals surface area contributed by atoms with E-state index < -0.39 is 0 Å². The highest BCUT2D eigenvalue weighted by Gasteiger charge is 2.42. The lowest BCUT2D eigenvalue weighted by Crippen LogP contribution is -2.28. The second-order valence-electron chi connectivity index (χ2n) is 3.51. The lowest BCUT2D eigenvalue weighted by Gasteiger charge is -2.25. The zero-order chi connectivity index (χ0) is 7.03. The summed E-state index contributed by atoms with van der Waals surface area (Å²) in [4.78, 5) is 0. The third kappa shape index (κ3) is 0.789. The third-order valence-electron chi connectivity index (χ3n) is 3.03. The van der Waals surface area contributed by atoms with Crippen molar-refractivity contribution in [3.05, 3.63) is 6.04 Å². The molecule has 2 saturated heterocycles. The molecule has 2 aliphatic rings.